The molecule has 3 heteroatoms. The van der Waals surface area contributed by atoms with Gasteiger partial charge < -0.3 is 4.79 Å². The van der Waals surface area contributed by atoms with E-state index < -0.39 is 0 Å². The summed E-state index contributed by atoms with van der Waals surface area (Å²) in [7, 11) is 0. The standard InChI is InChI=1S/C13H15ClO2/c1-9(7-10(2)15)8-13(16)11-3-5-12(14)6-4-11/h3-6,9H,7-8H2,1-2H3/t9-/m0/s1. The van der Waals surface area contributed by atoms with Crippen molar-refractivity contribution < 1.29 is 9.59 Å². The van der Waals surface area contributed by atoms with Crippen LogP contribution in [-0.2, 0) is 4.79 Å². The summed E-state index contributed by atoms with van der Waals surface area (Å²) in [4.78, 5) is 22.7. The van der Waals surface area contributed by atoms with Gasteiger partial charge >= 0.3 is 0 Å². The largest absolute Gasteiger partial charge is 0.300 e. The van der Waals surface area contributed by atoms with Crippen LogP contribution >= 0.6 is 11.6 Å². The molecule has 0 bridgehead atoms. The Morgan fingerprint density at radius 3 is 2.25 bits per heavy atom. The molecule has 0 unspecified atom stereocenters. The van der Waals surface area contributed by atoms with E-state index >= 15 is 0 Å². The highest BCUT2D eigenvalue weighted by atomic mass is 35.5. The van der Waals surface area contributed by atoms with Gasteiger partial charge in [0.2, 0.25) is 0 Å². The van der Waals surface area contributed by atoms with E-state index in [1.54, 1.807) is 31.2 Å². The number of ketones is 2. The second-order valence-corrected chi connectivity index (χ2v) is 4.58. The third-order valence-corrected chi connectivity index (χ3v) is 2.59. The molecule has 16 heavy (non-hydrogen) atoms. The van der Waals surface area contributed by atoms with Gasteiger partial charge in [-0.25, -0.2) is 0 Å². The van der Waals surface area contributed by atoms with Crippen LogP contribution in [0.4, 0.5) is 0 Å². The SMILES string of the molecule is CC(=O)C[C@H](C)CC(=O)c1ccc(Cl)cc1. The van der Waals surface area contributed by atoms with Crippen LogP contribution in [0.15, 0.2) is 24.3 Å². The number of carbonyl (C=O) groups is 2. The van der Waals surface area contributed by atoms with Crippen molar-refractivity contribution in [2.24, 2.45) is 5.92 Å². The summed E-state index contributed by atoms with van der Waals surface area (Å²) in [5.74, 6) is 0.280. The minimum Gasteiger partial charge on any atom is -0.300 e. The highest BCUT2D eigenvalue weighted by Crippen LogP contribution is 2.15. The minimum atomic E-state index is 0.0606. The summed E-state index contributed by atoms with van der Waals surface area (Å²) in [5, 5.41) is 0.619. The molecule has 0 fully saturated rings. The van der Waals surface area contributed by atoms with E-state index in [0.717, 1.165) is 0 Å². The Kier molecular flexibility index (Phi) is 4.69. The molecular formula is C13H15ClO2. The number of carbonyl (C=O) groups excluding carboxylic acids is 2. The van der Waals surface area contributed by atoms with Crippen LogP contribution in [-0.4, -0.2) is 11.6 Å². The third kappa shape index (κ3) is 4.15. The lowest BCUT2D eigenvalue weighted by Crippen LogP contribution is -2.09. The van der Waals surface area contributed by atoms with Gasteiger partial charge in [0.15, 0.2) is 5.78 Å². The second kappa shape index (κ2) is 5.80. The molecule has 86 valence electrons. The predicted molar refractivity (Wildman–Crippen MR) is 64.9 cm³/mol. The van der Waals surface area contributed by atoms with E-state index in [1.165, 1.54) is 0 Å². The second-order valence-electron chi connectivity index (χ2n) is 4.15. The Bertz CT molecular complexity index is 381. The van der Waals surface area contributed by atoms with Gasteiger partial charge in [0.25, 0.3) is 0 Å². The van der Waals surface area contributed by atoms with Gasteiger partial charge in [-0.3, -0.25) is 4.79 Å². The van der Waals surface area contributed by atoms with Crippen molar-refractivity contribution in [3.05, 3.63) is 34.9 Å². The minimum absolute atomic E-state index is 0.0606. The first kappa shape index (κ1) is 12.9. The average Bonchev–Trinajstić information content (AvgIpc) is 2.16. The van der Waals surface area contributed by atoms with Crippen molar-refractivity contribution in [3.63, 3.8) is 0 Å². The fourth-order valence-electron chi connectivity index (χ4n) is 1.63. The van der Waals surface area contributed by atoms with Gasteiger partial charge in [0.1, 0.15) is 5.78 Å². The molecule has 0 aliphatic heterocycles. The Labute approximate surface area is 101 Å². The van der Waals surface area contributed by atoms with Crippen LogP contribution in [0.5, 0.6) is 0 Å². The van der Waals surface area contributed by atoms with E-state index in [4.69, 9.17) is 11.6 Å². The summed E-state index contributed by atoms with van der Waals surface area (Å²) in [6.45, 7) is 3.46. The van der Waals surface area contributed by atoms with E-state index in [1.807, 2.05) is 6.92 Å². The lowest BCUT2D eigenvalue weighted by Gasteiger charge is -2.08. The Morgan fingerprint density at radius 2 is 1.75 bits per heavy atom. The van der Waals surface area contributed by atoms with E-state index in [-0.39, 0.29) is 17.5 Å². The molecule has 0 heterocycles. The molecule has 0 amide bonds. The summed E-state index contributed by atoms with van der Waals surface area (Å²) in [6, 6.07) is 6.82. The zero-order chi connectivity index (χ0) is 12.1. The molecule has 0 radical (unpaired) electrons. The molecule has 0 aromatic heterocycles. The van der Waals surface area contributed by atoms with E-state index in [9.17, 15) is 9.59 Å². The van der Waals surface area contributed by atoms with Gasteiger partial charge in [-0.15, -0.1) is 0 Å². The number of hydrogen-bond acceptors (Lipinski definition) is 2. The van der Waals surface area contributed by atoms with E-state index in [0.29, 0.717) is 23.4 Å². The first-order valence-corrected chi connectivity index (χ1v) is 5.65. The predicted octanol–water partition coefficient (Wildman–Crippen LogP) is 3.53. The van der Waals surface area contributed by atoms with Crippen molar-refractivity contribution in [1.82, 2.24) is 0 Å². The number of rotatable bonds is 5. The molecule has 2 nitrogen and oxygen atoms in total. The molecule has 1 rings (SSSR count). The molecule has 1 atom stereocenters. The summed E-state index contributed by atoms with van der Waals surface area (Å²) in [6.07, 6.45) is 0.862. The smallest absolute Gasteiger partial charge is 0.163 e. The summed E-state index contributed by atoms with van der Waals surface area (Å²) >= 11 is 5.73. The van der Waals surface area contributed by atoms with Crippen LogP contribution in [0, 0.1) is 5.92 Å². The van der Waals surface area contributed by atoms with Crippen molar-refractivity contribution in [1.29, 1.82) is 0 Å². The van der Waals surface area contributed by atoms with Crippen LogP contribution < -0.4 is 0 Å². The topological polar surface area (TPSA) is 34.1 Å². The number of Topliss-reactive ketones (excluding diaryl/α,β-unsaturated/α-hetero) is 2. The van der Waals surface area contributed by atoms with Crippen LogP contribution in [0.1, 0.15) is 37.0 Å². The molecule has 1 aromatic carbocycles. The lowest BCUT2D eigenvalue weighted by atomic mass is 9.96. The Morgan fingerprint density at radius 1 is 1.19 bits per heavy atom. The molecule has 0 aliphatic rings. The van der Waals surface area contributed by atoms with Crippen molar-refractivity contribution in [2.45, 2.75) is 26.7 Å². The molecule has 0 N–H and O–H groups in total. The Balaban J connectivity index is 2.58. The fraction of sp³-hybridized carbons (Fsp3) is 0.385. The molecule has 0 spiro atoms. The average molecular weight is 239 g/mol. The molecular weight excluding hydrogens is 224 g/mol. The zero-order valence-electron chi connectivity index (χ0n) is 9.50. The Hall–Kier alpha value is -1.15. The third-order valence-electron chi connectivity index (χ3n) is 2.34. The zero-order valence-corrected chi connectivity index (χ0v) is 10.3. The van der Waals surface area contributed by atoms with Gasteiger partial charge in [-0.2, -0.15) is 0 Å². The number of benzene rings is 1. The van der Waals surface area contributed by atoms with Gasteiger partial charge in [-0.05, 0) is 37.1 Å². The van der Waals surface area contributed by atoms with Gasteiger partial charge in [-0.1, -0.05) is 18.5 Å². The first-order chi connectivity index (χ1) is 7.49. The molecule has 0 saturated carbocycles. The first-order valence-electron chi connectivity index (χ1n) is 5.27. The quantitative estimate of drug-likeness (QED) is 0.736. The summed E-state index contributed by atoms with van der Waals surface area (Å²) < 4.78 is 0. The summed E-state index contributed by atoms with van der Waals surface area (Å²) in [5.41, 5.74) is 0.653. The highest BCUT2D eigenvalue weighted by molar-refractivity contribution is 6.30. The highest BCUT2D eigenvalue weighted by Gasteiger charge is 2.12. The normalized spacial score (nSPS) is 12.2. The monoisotopic (exact) mass is 238 g/mol. The maximum absolute atomic E-state index is 11.8. The van der Waals surface area contributed by atoms with Crippen LogP contribution in [0.25, 0.3) is 0 Å². The number of halogens is 1. The van der Waals surface area contributed by atoms with Crippen LogP contribution in [0.3, 0.4) is 0 Å². The maximum atomic E-state index is 11.8. The van der Waals surface area contributed by atoms with Crippen molar-refractivity contribution in [3.8, 4) is 0 Å². The molecule has 0 aliphatic carbocycles. The fourth-order valence-corrected chi connectivity index (χ4v) is 1.76. The lowest BCUT2D eigenvalue weighted by molar-refractivity contribution is -0.117. The van der Waals surface area contributed by atoms with Gasteiger partial charge in [0.05, 0.1) is 0 Å². The molecule has 0 saturated heterocycles. The maximum Gasteiger partial charge on any atom is 0.163 e. The van der Waals surface area contributed by atoms with E-state index in [2.05, 4.69) is 0 Å². The number of hydrogen-bond donors (Lipinski definition) is 0. The van der Waals surface area contributed by atoms with Crippen LogP contribution in [0.2, 0.25) is 5.02 Å². The van der Waals surface area contributed by atoms with Crippen molar-refractivity contribution in [2.75, 3.05) is 0 Å². The molecule has 1 aromatic rings. The van der Waals surface area contributed by atoms with Crippen molar-refractivity contribution >= 4 is 23.2 Å². The van der Waals surface area contributed by atoms with Gasteiger partial charge in [0, 0.05) is 23.4 Å².